The highest BCUT2D eigenvalue weighted by Crippen LogP contribution is 2.19. The van der Waals surface area contributed by atoms with Crippen molar-refractivity contribution < 1.29 is 23.4 Å². The first-order chi connectivity index (χ1) is 14.0. The lowest BCUT2D eigenvalue weighted by molar-refractivity contribution is -0.0498. The van der Waals surface area contributed by atoms with Crippen molar-refractivity contribution in [1.29, 1.82) is 0 Å². The van der Waals surface area contributed by atoms with E-state index in [0.717, 1.165) is 11.3 Å². The number of hydrogen-bond acceptors (Lipinski definition) is 4. The molecule has 2 aromatic rings. The van der Waals surface area contributed by atoms with Crippen LogP contribution >= 0.6 is 24.0 Å². The number of aliphatic imine (C=N–C) groups is 1. The van der Waals surface area contributed by atoms with Crippen LogP contribution in [0, 0.1) is 0 Å². The highest BCUT2D eigenvalue weighted by molar-refractivity contribution is 14.0. The number of ether oxygens (including phenoxy) is 2. The van der Waals surface area contributed by atoms with Crippen LogP contribution in [0.25, 0.3) is 0 Å². The van der Waals surface area contributed by atoms with Crippen molar-refractivity contribution in [1.82, 2.24) is 10.6 Å². The smallest absolute Gasteiger partial charge is 0.387 e. The standard InChI is InChI=1S/C21H27F2N3O3.HI/c1-3-24-21(25-13-15-6-5-7-18(12-15)28-4-2)26-14-19(27)16-8-10-17(11-9-16)29-20(22)23;/h5-12,19-20,27H,3-4,13-14H2,1-2H3,(H2,24,25,26);1H. The van der Waals surface area contributed by atoms with Crippen molar-refractivity contribution in [2.24, 2.45) is 4.99 Å². The molecular formula is C21H28F2IN3O3. The zero-order valence-electron chi connectivity index (χ0n) is 17.0. The van der Waals surface area contributed by atoms with E-state index in [1.165, 1.54) is 12.1 Å². The van der Waals surface area contributed by atoms with Crippen LogP contribution in [0.1, 0.15) is 31.1 Å². The van der Waals surface area contributed by atoms with Crippen molar-refractivity contribution in [2.45, 2.75) is 33.1 Å². The SMILES string of the molecule is CCNC(=NCc1cccc(OCC)c1)NCC(O)c1ccc(OC(F)F)cc1.I. The van der Waals surface area contributed by atoms with E-state index in [0.29, 0.717) is 31.2 Å². The van der Waals surface area contributed by atoms with E-state index < -0.39 is 12.7 Å². The molecule has 0 aromatic heterocycles. The third-order valence-electron chi connectivity index (χ3n) is 3.93. The number of benzene rings is 2. The van der Waals surface area contributed by atoms with Crippen LogP contribution in [-0.2, 0) is 6.54 Å². The van der Waals surface area contributed by atoms with Gasteiger partial charge in [0.1, 0.15) is 11.5 Å². The molecule has 30 heavy (non-hydrogen) atoms. The van der Waals surface area contributed by atoms with Gasteiger partial charge in [0.05, 0.1) is 19.3 Å². The Morgan fingerprint density at radius 1 is 1.07 bits per heavy atom. The molecule has 0 radical (unpaired) electrons. The molecule has 9 heteroatoms. The molecule has 0 bridgehead atoms. The molecule has 0 amide bonds. The van der Waals surface area contributed by atoms with Crippen molar-refractivity contribution >= 4 is 29.9 Å². The van der Waals surface area contributed by atoms with Crippen LogP contribution in [0.3, 0.4) is 0 Å². The lowest BCUT2D eigenvalue weighted by Gasteiger charge is -2.16. The van der Waals surface area contributed by atoms with Gasteiger partial charge in [0.25, 0.3) is 0 Å². The van der Waals surface area contributed by atoms with Gasteiger partial charge in [-0.05, 0) is 49.2 Å². The molecule has 0 aliphatic rings. The van der Waals surface area contributed by atoms with Gasteiger partial charge in [-0.25, -0.2) is 4.99 Å². The highest BCUT2D eigenvalue weighted by Gasteiger charge is 2.10. The molecule has 0 spiro atoms. The van der Waals surface area contributed by atoms with Gasteiger partial charge in [0.2, 0.25) is 0 Å². The summed E-state index contributed by atoms with van der Waals surface area (Å²) in [6, 6.07) is 13.6. The Hall–Kier alpha value is -2.14. The predicted octanol–water partition coefficient (Wildman–Crippen LogP) is 4.09. The number of nitrogens with zero attached hydrogens (tertiary/aromatic N) is 1. The second-order valence-corrected chi connectivity index (χ2v) is 6.12. The minimum absolute atomic E-state index is 0. The lowest BCUT2D eigenvalue weighted by atomic mass is 10.1. The molecule has 0 aliphatic heterocycles. The summed E-state index contributed by atoms with van der Waals surface area (Å²) in [5.74, 6) is 1.41. The average Bonchev–Trinajstić information content (AvgIpc) is 2.70. The quantitative estimate of drug-likeness (QED) is 0.243. The number of aliphatic hydroxyl groups is 1. The van der Waals surface area contributed by atoms with E-state index in [1.54, 1.807) is 12.1 Å². The fourth-order valence-electron chi connectivity index (χ4n) is 2.59. The highest BCUT2D eigenvalue weighted by atomic mass is 127. The number of hydrogen-bond donors (Lipinski definition) is 3. The summed E-state index contributed by atoms with van der Waals surface area (Å²) in [5.41, 5.74) is 1.59. The van der Waals surface area contributed by atoms with E-state index >= 15 is 0 Å². The molecule has 2 aromatic carbocycles. The van der Waals surface area contributed by atoms with Gasteiger partial charge in [-0.1, -0.05) is 24.3 Å². The molecule has 2 rings (SSSR count). The maximum atomic E-state index is 12.2. The summed E-state index contributed by atoms with van der Waals surface area (Å²) in [5, 5.41) is 16.5. The molecule has 1 atom stereocenters. The van der Waals surface area contributed by atoms with Gasteiger partial charge in [0.15, 0.2) is 5.96 Å². The first-order valence-corrected chi connectivity index (χ1v) is 9.48. The maximum Gasteiger partial charge on any atom is 0.387 e. The van der Waals surface area contributed by atoms with Gasteiger partial charge in [0, 0.05) is 13.1 Å². The van der Waals surface area contributed by atoms with Crippen molar-refractivity contribution in [3.05, 3.63) is 59.7 Å². The largest absolute Gasteiger partial charge is 0.494 e. The van der Waals surface area contributed by atoms with Gasteiger partial charge in [-0.3, -0.25) is 0 Å². The third-order valence-corrected chi connectivity index (χ3v) is 3.93. The Balaban J connectivity index is 0.00000450. The van der Waals surface area contributed by atoms with Crippen molar-refractivity contribution in [3.8, 4) is 11.5 Å². The molecule has 0 fully saturated rings. The van der Waals surface area contributed by atoms with Crippen LogP contribution in [0.4, 0.5) is 8.78 Å². The first-order valence-electron chi connectivity index (χ1n) is 9.48. The van der Waals surface area contributed by atoms with Gasteiger partial charge in [-0.2, -0.15) is 8.78 Å². The van der Waals surface area contributed by atoms with E-state index in [-0.39, 0.29) is 36.3 Å². The average molecular weight is 535 g/mol. The maximum absolute atomic E-state index is 12.2. The number of halogens is 3. The van der Waals surface area contributed by atoms with Crippen LogP contribution in [0.2, 0.25) is 0 Å². The number of guanidine groups is 1. The fraction of sp³-hybridized carbons (Fsp3) is 0.381. The van der Waals surface area contributed by atoms with E-state index in [2.05, 4.69) is 20.4 Å². The predicted molar refractivity (Wildman–Crippen MR) is 124 cm³/mol. The molecule has 0 saturated carbocycles. The van der Waals surface area contributed by atoms with Crippen LogP contribution in [-0.4, -0.2) is 37.4 Å². The Bertz CT molecular complexity index is 776. The molecule has 0 aliphatic carbocycles. The zero-order chi connectivity index (χ0) is 21.1. The zero-order valence-corrected chi connectivity index (χ0v) is 19.3. The molecule has 0 heterocycles. The Morgan fingerprint density at radius 2 is 1.80 bits per heavy atom. The monoisotopic (exact) mass is 535 g/mol. The summed E-state index contributed by atoms with van der Waals surface area (Å²) >= 11 is 0. The number of aliphatic hydroxyl groups excluding tert-OH is 1. The minimum Gasteiger partial charge on any atom is -0.494 e. The van der Waals surface area contributed by atoms with Gasteiger partial charge >= 0.3 is 6.61 Å². The van der Waals surface area contributed by atoms with Crippen molar-refractivity contribution in [2.75, 3.05) is 19.7 Å². The number of nitrogens with one attached hydrogen (secondary N) is 2. The van der Waals surface area contributed by atoms with Crippen LogP contribution < -0.4 is 20.1 Å². The molecule has 3 N–H and O–H groups in total. The third kappa shape index (κ3) is 9.12. The molecular weight excluding hydrogens is 507 g/mol. The van der Waals surface area contributed by atoms with Crippen molar-refractivity contribution in [3.63, 3.8) is 0 Å². The second kappa shape index (κ2) is 14.0. The van der Waals surface area contributed by atoms with E-state index in [4.69, 9.17) is 4.74 Å². The molecule has 1 unspecified atom stereocenters. The lowest BCUT2D eigenvalue weighted by Crippen LogP contribution is -2.39. The minimum atomic E-state index is -2.87. The fourth-order valence-corrected chi connectivity index (χ4v) is 2.59. The summed E-state index contributed by atoms with van der Waals surface area (Å²) in [4.78, 5) is 4.52. The Morgan fingerprint density at radius 3 is 2.43 bits per heavy atom. The summed E-state index contributed by atoms with van der Waals surface area (Å²) in [6.45, 7) is 2.94. The first kappa shape index (κ1) is 25.9. The molecule has 166 valence electrons. The van der Waals surface area contributed by atoms with Crippen LogP contribution in [0.15, 0.2) is 53.5 Å². The molecule has 6 nitrogen and oxygen atoms in total. The second-order valence-electron chi connectivity index (χ2n) is 6.12. The van der Waals surface area contributed by atoms with Crippen LogP contribution in [0.5, 0.6) is 11.5 Å². The number of rotatable bonds is 10. The summed E-state index contributed by atoms with van der Waals surface area (Å²) < 4.78 is 34.2. The topological polar surface area (TPSA) is 75.1 Å². The van der Waals surface area contributed by atoms with Gasteiger partial charge in [-0.15, -0.1) is 24.0 Å². The summed E-state index contributed by atoms with van der Waals surface area (Å²) in [6.07, 6.45) is -0.833. The Kier molecular flexibility index (Phi) is 12.1. The number of alkyl halides is 2. The Labute approximate surface area is 192 Å². The summed E-state index contributed by atoms with van der Waals surface area (Å²) in [7, 11) is 0. The van der Waals surface area contributed by atoms with E-state index in [1.807, 2.05) is 38.1 Å². The van der Waals surface area contributed by atoms with Gasteiger partial charge < -0.3 is 25.2 Å². The molecule has 0 saturated heterocycles. The van der Waals surface area contributed by atoms with E-state index in [9.17, 15) is 13.9 Å². The normalized spacial score (nSPS) is 12.1.